The van der Waals surface area contributed by atoms with Crippen molar-refractivity contribution in [3.8, 4) is 11.1 Å². The van der Waals surface area contributed by atoms with Gasteiger partial charge in [0.1, 0.15) is 0 Å². The van der Waals surface area contributed by atoms with Crippen molar-refractivity contribution in [1.29, 1.82) is 0 Å². The predicted molar refractivity (Wildman–Crippen MR) is 112 cm³/mol. The van der Waals surface area contributed by atoms with E-state index in [-0.39, 0.29) is 0 Å². The molecule has 0 N–H and O–H groups in total. The molecule has 1 nitrogen and oxygen atoms in total. The van der Waals surface area contributed by atoms with Crippen molar-refractivity contribution in [2.45, 2.75) is 55.4 Å². The average molecular weight is 318 g/mol. The fourth-order valence-corrected chi connectivity index (χ4v) is 1.73. The van der Waals surface area contributed by atoms with E-state index in [1.165, 1.54) is 16.8 Å². The first-order valence-corrected chi connectivity index (χ1v) is 9.11. The molecule has 0 bridgehead atoms. The van der Waals surface area contributed by atoms with Gasteiger partial charge in [-0.3, -0.25) is 0 Å². The van der Waals surface area contributed by atoms with Gasteiger partial charge in [-0.15, -0.1) is 0 Å². The van der Waals surface area contributed by atoms with Crippen molar-refractivity contribution in [2.24, 2.45) is 0 Å². The molecule has 0 radical (unpaired) electrons. The highest BCUT2D eigenvalue weighted by atomic mass is 15.1. The minimum absolute atomic E-state index is 1.25. The van der Waals surface area contributed by atoms with Crippen LogP contribution >= 0.6 is 0 Å². The molecule has 0 aliphatic heterocycles. The van der Waals surface area contributed by atoms with E-state index in [1.54, 1.807) is 0 Å². The average Bonchev–Trinajstić information content (AvgIpc) is 2.69. The molecule has 1 heteroatoms. The Bertz CT molecular complexity index is 433. The first kappa shape index (κ1) is 26.2. The third kappa shape index (κ3) is 10.6. The summed E-state index contributed by atoms with van der Waals surface area (Å²) in [4.78, 5) is 2.14. The van der Waals surface area contributed by atoms with Crippen LogP contribution in [-0.4, -0.2) is 14.1 Å². The molecule has 0 spiro atoms. The highest BCUT2D eigenvalue weighted by Crippen LogP contribution is 2.28. The molecule has 0 saturated heterocycles. The van der Waals surface area contributed by atoms with Crippen molar-refractivity contribution >= 4 is 5.69 Å². The molecule has 0 unspecified atom stereocenters. The van der Waals surface area contributed by atoms with Crippen molar-refractivity contribution in [3.05, 3.63) is 54.6 Å². The fourth-order valence-electron chi connectivity index (χ4n) is 1.73. The maximum atomic E-state index is 2.16. The molecule has 2 aromatic rings. The minimum Gasteiger partial charge on any atom is -0.377 e. The standard InChI is InChI=1S/C14H15N.4C2H6/c1-15(2)14-11-7-6-10-13(14)12-8-4-3-5-9-12;4*1-2/h3-11H,1-2H3;4*1-2H3. The maximum Gasteiger partial charge on any atom is 0.0440 e. The SMILES string of the molecule is CC.CC.CC.CC.CN(C)c1ccccc1-c1ccccc1. The van der Waals surface area contributed by atoms with Crippen molar-refractivity contribution in [2.75, 3.05) is 19.0 Å². The smallest absolute Gasteiger partial charge is 0.0440 e. The van der Waals surface area contributed by atoms with Crippen LogP contribution in [0.4, 0.5) is 5.69 Å². The van der Waals surface area contributed by atoms with E-state index in [1.807, 2.05) is 61.5 Å². The quantitative estimate of drug-likeness (QED) is 0.553. The zero-order valence-corrected chi connectivity index (χ0v) is 17.1. The van der Waals surface area contributed by atoms with E-state index in [9.17, 15) is 0 Å². The van der Waals surface area contributed by atoms with E-state index < -0.39 is 0 Å². The van der Waals surface area contributed by atoms with E-state index >= 15 is 0 Å². The Balaban J connectivity index is -0.000000438. The van der Waals surface area contributed by atoms with Crippen molar-refractivity contribution in [1.82, 2.24) is 0 Å². The Morgan fingerprint density at radius 1 is 0.522 bits per heavy atom. The highest BCUT2D eigenvalue weighted by molar-refractivity contribution is 5.78. The Hall–Kier alpha value is -1.76. The van der Waals surface area contributed by atoms with Gasteiger partial charge in [0.2, 0.25) is 0 Å². The van der Waals surface area contributed by atoms with Gasteiger partial charge in [0.25, 0.3) is 0 Å². The molecule has 0 amide bonds. The number of rotatable bonds is 2. The zero-order valence-electron chi connectivity index (χ0n) is 17.1. The van der Waals surface area contributed by atoms with Gasteiger partial charge < -0.3 is 4.90 Å². The molecular weight excluding hydrogens is 278 g/mol. The Labute approximate surface area is 146 Å². The van der Waals surface area contributed by atoms with Crippen LogP contribution < -0.4 is 4.90 Å². The molecular formula is C22H39N. The molecule has 0 atom stereocenters. The molecule has 0 aromatic heterocycles. The van der Waals surface area contributed by atoms with E-state index in [0.717, 1.165) is 0 Å². The lowest BCUT2D eigenvalue weighted by molar-refractivity contribution is 1.13. The Morgan fingerprint density at radius 2 is 0.913 bits per heavy atom. The number of hydrogen-bond donors (Lipinski definition) is 0. The summed E-state index contributed by atoms with van der Waals surface area (Å²) in [5.74, 6) is 0. The maximum absolute atomic E-state index is 2.16. The highest BCUT2D eigenvalue weighted by Gasteiger charge is 2.04. The van der Waals surface area contributed by atoms with Gasteiger partial charge in [-0.1, -0.05) is 104 Å². The lowest BCUT2D eigenvalue weighted by Crippen LogP contribution is -2.09. The van der Waals surface area contributed by atoms with Gasteiger partial charge in [0, 0.05) is 25.3 Å². The summed E-state index contributed by atoms with van der Waals surface area (Å²) in [6, 6.07) is 18.9. The summed E-state index contributed by atoms with van der Waals surface area (Å²) in [5.41, 5.74) is 3.80. The molecule has 2 aromatic carbocycles. The topological polar surface area (TPSA) is 3.24 Å². The summed E-state index contributed by atoms with van der Waals surface area (Å²) in [5, 5.41) is 0. The van der Waals surface area contributed by atoms with Gasteiger partial charge in [-0.2, -0.15) is 0 Å². The third-order valence-corrected chi connectivity index (χ3v) is 2.47. The van der Waals surface area contributed by atoms with Gasteiger partial charge in [-0.05, 0) is 11.6 Å². The number of nitrogens with zero attached hydrogens (tertiary/aromatic N) is 1. The molecule has 2 rings (SSSR count). The third-order valence-electron chi connectivity index (χ3n) is 2.47. The van der Waals surface area contributed by atoms with E-state index in [2.05, 4.69) is 67.5 Å². The second-order valence-corrected chi connectivity index (χ2v) is 3.78. The van der Waals surface area contributed by atoms with Crippen LogP contribution in [0.1, 0.15) is 55.4 Å². The van der Waals surface area contributed by atoms with Crippen LogP contribution in [0.15, 0.2) is 54.6 Å². The van der Waals surface area contributed by atoms with E-state index in [0.29, 0.717) is 0 Å². The van der Waals surface area contributed by atoms with Gasteiger partial charge >= 0.3 is 0 Å². The number of hydrogen-bond acceptors (Lipinski definition) is 1. The van der Waals surface area contributed by atoms with Crippen LogP contribution in [0.5, 0.6) is 0 Å². The van der Waals surface area contributed by atoms with Crippen molar-refractivity contribution < 1.29 is 0 Å². The number of anilines is 1. The summed E-state index contributed by atoms with van der Waals surface area (Å²) in [6.07, 6.45) is 0. The summed E-state index contributed by atoms with van der Waals surface area (Å²) < 4.78 is 0. The Kier molecular flexibility index (Phi) is 23.0. The minimum atomic E-state index is 1.25. The molecule has 0 heterocycles. The second-order valence-electron chi connectivity index (χ2n) is 3.78. The zero-order chi connectivity index (χ0) is 18.7. The second kappa shape index (κ2) is 20.2. The molecule has 132 valence electrons. The number of para-hydroxylation sites is 1. The summed E-state index contributed by atoms with van der Waals surface area (Å²) in [6.45, 7) is 16.0. The van der Waals surface area contributed by atoms with Crippen LogP contribution in [0.2, 0.25) is 0 Å². The molecule has 0 aliphatic carbocycles. The van der Waals surface area contributed by atoms with E-state index in [4.69, 9.17) is 0 Å². The lowest BCUT2D eigenvalue weighted by Gasteiger charge is -2.17. The Morgan fingerprint density at radius 3 is 1.35 bits per heavy atom. The molecule has 23 heavy (non-hydrogen) atoms. The molecule has 0 fully saturated rings. The van der Waals surface area contributed by atoms with Gasteiger partial charge in [-0.25, -0.2) is 0 Å². The summed E-state index contributed by atoms with van der Waals surface area (Å²) in [7, 11) is 4.14. The van der Waals surface area contributed by atoms with Crippen LogP contribution in [0.25, 0.3) is 11.1 Å². The van der Waals surface area contributed by atoms with Crippen LogP contribution in [0, 0.1) is 0 Å². The van der Waals surface area contributed by atoms with Gasteiger partial charge in [0.05, 0.1) is 0 Å². The fraction of sp³-hybridized carbons (Fsp3) is 0.455. The van der Waals surface area contributed by atoms with Crippen molar-refractivity contribution in [3.63, 3.8) is 0 Å². The normalized spacial score (nSPS) is 7.57. The molecule has 0 aliphatic rings. The monoisotopic (exact) mass is 317 g/mol. The lowest BCUT2D eigenvalue weighted by atomic mass is 10.0. The predicted octanol–water partition coefficient (Wildman–Crippen LogP) is 7.52. The first-order valence-electron chi connectivity index (χ1n) is 9.11. The van der Waals surface area contributed by atoms with Gasteiger partial charge in [0.15, 0.2) is 0 Å². The summed E-state index contributed by atoms with van der Waals surface area (Å²) >= 11 is 0. The largest absolute Gasteiger partial charge is 0.377 e. The van der Waals surface area contributed by atoms with Crippen LogP contribution in [-0.2, 0) is 0 Å². The van der Waals surface area contributed by atoms with Crippen LogP contribution in [0.3, 0.4) is 0 Å². The first-order chi connectivity index (χ1) is 11.3. The number of benzene rings is 2. The molecule has 0 saturated carbocycles.